The second-order valence-corrected chi connectivity index (χ2v) is 9.23. The Labute approximate surface area is 141 Å². The van der Waals surface area contributed by atoms with Crippen LogP contribution >= 0.6 is 0 Å². The summed E-state index contributed by atoms with van der Waals surface area (Å²) in [5.74, 6) is 3.30. The lowest BCUT2D eigenvalue weighted by Crippen LogP contribution is -2.58. The molecule has 4 aliphatic rings. The zero-order valence-corrected chi connectivity index (χ0v) is 15.4. The van der Waals surface area contributed by atoms with Crippen molar-refractivity contribution in [3.63, 3.8) is 0 Å². The minimum absolute atomic E-state index is 0.400. The molecule has 2 aliphatic carbocycles. The molecule has 0 aromatic carbocycles. The summed E-state index contributed by atoms with van der Waals surface area (Å²) in [4.78, 5) is 18.1. The number of fused-ring (bicyclic) bond motifs is 1. The smallest absolute Gasteiger partial charge is 0.226 e. The van der Waals surface area contributed by atoms with Gasteiger partial charge in [0.2, 0.25) is 5.91 Å². The van der Waals surface area contributed by atoms with Gasteiger partial charge in [-0.2, -0.15) is 0 Å². The van der Waals surface area contributed by atoms with E-state index in [4.69, 9.17) is 0 Å². The third kappa shape index (κ3) is 2.73. The van der Waals surface area contributed by atoms with Gasteiger partial charge in [-0.25, -0.2) is 0 Å². The fraction of sp³-hybridized carbons (Fsp3) is 0.950. The number of piperidine rings is 1. The van der Waals surface area contributed by atoms with Gasteiger partial charge in [0.05, 0.1) is 0 Å². The Kier molecular flexibility index (Phi) is 3.98. The van der Waals surface area contributed by atoms with Crippen molar-refractivity contribution in [2.24, 2.45) is 23.7 Å². The van der Waals surface area contributed by atoms with Crippen molar-refractivity contribution in [3.8, 4) is 0 Å². The van der Waals surface area contributed by atoms with Crippen molar-refractivity contribution in [1.82, 2.24) is 9.80 Å². The maximum absolute atomic E-state index is 13.0. The highest BCUT2D eigenvalue weighted by Gasteiger charge is 2.55. The van der Waals surface area contributed by atoms with Gasteiger partial charge in [-0.1, -0.05) is 13.8 Å². The Balaban J connectivity index is 1.46. The Morgan fingerprint density at radius 3 is 2.30 bits per heavy atom. The Bertz CT molecular complexity index is 470. The summed E-state index contributed by atoms with van der Waals surface area (Å²) < 4.78 is 0. The van der Waals surface area contributed by atoms with E-state index in [9.17, 15) is 4.79 Å². The van der Waals surface area contributed by atoms with E-state index in [1.54, 1.807) is 0 Å². The van der Waals surface area contributed by atoms with Crippen molar-refractivity contribution < 1.29 is 4.79 Å². The van der Waals surface area contributed by atoms with Crippen LogP contribution in [0, 0.1) is 23.7 Å². The number of hydrogen-bond donors (Lipinski definition) is 0. The first-order chi connectivity index (χ1) is 11.0. The van der Waals surface area contributed by atoms with Crippen LogP contribution in [0.4, 0.5) is 0 Å². The Hall–Kier alpha value is -0.570. The molecule has 5 atom stereocenters. The van der Waals surface area contributed by atoms with E-state index < -0.39 is 0 Å². The third-order valence-corrected chi connectivity index (χ3v) is 7.07. The topological polar surface area (TPSA) is 23.6 Å². The highest BCUT2D eigenvalue weighted by Crippen LogP contribution is 2.55. The lowest BCUT2D eigenvalue weighted by atomic mass is 9.85. The van der Waals surface area contributed by atoms with Crippen molar-refractivity contribution in [2.45, 2.75) is 90.4 Å². The summed E-state index contributed by atoms with van der Waals surface area (Å²) in [5.41, 5.74) is 0. The van der Waals surface area contributed by atoms with Crippen molar-refractivity contribution >= 4 is 5.91 Å². The molecule has 0 spiro atoms. The quantitative estimate of drug-likeness (QED) is 0.791. The molecule has 0 radical (unpaired) electrons. The molecule has 4 fully saturated rings. The first-order valence-electron chi connectivity index (χ1n) is 10.1. The second-order valence-electron chi connectivity index (χ2n) is 9.23. The molecule has 2 saturated heterocycles. The number of rotatable bonds is 4. The Morgan fingerprint density at radius 1 is 0.957 bits per heavy atom. The van der Waals surface area contributed by atoms with E-state index in [1.165, 1.54) is 38.5 Å². The lowest BCUT2D eigenvalue weighted by molar-refractivity contribution is -0.135. The van der Waals surface area contributed by atoms with Crippen LogP contribution in [-0.2, 0) is 4.79 Å². The number of likely N-dealkylation sites (tertiary alicyclic amines) is 2. The van der Waals surface area contributed by atoms with E-state index in [-0.39, 0.29) is 0 Å². The molecule has 3 heteroatoms. The van der Waals surface area contributed by atoms with Gasteiger partial charge < -0.3 is 4.90 Å². The summed E-state index contributed by atoms with van der Waals surface area (Å²) in [6.45, 7) is 10.4. The zero-order chi connectivity index (χ0) is 16.3. The van der Waals surface area contributed by atoms with E-state index in [0.29, 0.717) is 41.9 Å². The number of nitrogens with zero attached hydrogens (tertiary/aromatic N) is 2. The molecule has 0 aromatic heterocycles. The summed E-state index contributed by atoms with van der Waals surface area (Å²) in [7, 11) is 0. The van der Waals surface area contributed by atoms with Gasteiger partial charge in [-0.05, 0) is 70.1 Å². The molecule has 23 heavy (non-hydrogen) atoms. The molecule has 1 amide bonds. The summed E-state index contributed by atoms with van der Waals surface area (Å²) in [6.07, 6.45) is 7.65. The van der Waals surface area contributed by atoms with E-state index in [0.717, 1.165) is 18.4 Å². The van der Waals surface area contributed by atoms with Crippen LogP contribution in [0.15, 0.2) is 0 Å². The normalized spacial score (nSPS) is 40.8. The van der Waals surface area contributed by atoms with Gasteiger partial charge in [0.1, 0.15) is 0 Å². The number of amides is 1. The predicted octanol–water partition coefficient (Wildman–Crippen LogP) is 3.53. The molecule has 2 heterocycles. The molecule has 2 aliphatic heterocycles. The number of hydrogen-bond acceptors (Lipinski definition) is 2. The lowest BCUT2D eigenvalue weighted by Gasteiger charge is -2.49. The predicted molar refractivity (Wildman–Crippen MR) is 93.1 cm³/mol. The first kappa shape index (κ1) is 15.9. The molecule has 130 valence electrons. The fourth-order valence-corrected chi connectivity index (χ4v) is 5.74. The monoisotopic (exact) mass is 318 g/mol. The summed E-state index contributed by atoms with van der Waals surface area (Å²) in [6, 6.07) is 2.40. The van der Waals surface area contributed by atoms with E-state index in [1.807, 2.05) is 0 Å². The second kappa shape index (κ2) is 5.75. The average Bonchev–Trinajstić information content (AvgIpc) is 3.39. The maximum atomic E-state index is 13.0. The Morgan fingerprint density at radius 2 is 1.70 bits per heavy atom. The number of carbonyl (C=O) groups excluding carboxylic acids is 1. The highest BCUT2D eigenvalue weighted by atomic mass is 16.2. The van der Waals surface area contributed by atoms with E-state index in [2.05, 4.69) is 37.5 Å². The molecule has 0 aromatic rings. The summed E-state index contributed by atoms with van der Waals surface area (Å²) >= 11 is 0. The van der Waals surface area contributed by atoms with Crippen LogP contribution < -0.4 is 0 Å². The van der Waals surface area contributed by atoms with Crippen LogP contribution in [0.1, 0.15) is 66.2 Å². The minimum atomic E-state index is 0.400. The standard InChI is InChI=1S/C20H34N2O/c1-12(2)17-7-8-18-19(22(17)13(3)4)9-10-21(18)20(23)16-11-15(16)14-5-6-14/h12-19H,5-11H2,1-4H3/t15-,16+,17?,18?,19?/m0/s1. The molecular weight excluding hydrogens is 284 g/mol. The van der Waals surface area contributed by atoms with Gasteiger partial charge in [-0.3, -0.25) is 9.69 Å². The van der Waals surface area contributed by atoms with Crippen LogP contribution in [0.25, 0.3) is 0 Å². The zero-order valence-electron chi connectivity index (χ0n) is 15.4. The molecule has 3 nitrogen and oxygen atoms in total. The number of carbonyl (C=O) groups is 1. The summed E-state index contributed by atoms with van der Waals surface area (Å²) in [5, 5.41) is 0. The van der Waals surface area contributed by atoms with Crippen molar-refractivity contribution in [2.75, 3.05) is 6.54 Å². The fourth-order valence-electron chi connectivity index (χ4n) is 5.74. The maximum Gasteiger partial charge on any atom is 0.226 e. The van der Waals surface area contributed by atoms with Gasteiger partial charge in [0.25, 0.3) is 0 Å². The molecular formula is C20H34N2O. The van der Waals surface area contributed by atoms with Crippen molar-refractivity contribution in [3.05, 3.63) is 0 Å². The van der Waals surface area contributed by atoms with Gasteiger partial charge in [0, 0.05) is 36.6 Å². The minimum Gasteiger partial charge on any atom is -0.338 e. The molecule has 3 unspecified atom stereocenters. The largest absolute Gasteiger partial charge is 0.338 e. The molecule has 2 saturated carbocycles. The van der Waals surface area contributed by atoms with Gasteiger partial charge in [-0.15, -0.1) is 0 Å². The van der Waals surface area contributed by atoms with Crippen LogP contribution in [0.3, 0.4) is 0 Å². The van der Waals surface area contributed by atoms with Crippen LogP contribution in [0.5, 0.6) is 0 Å². The molecule has 4 rings (SSSR count). The molecule has 0 N–H and O–H groups in total. The van der Waals surface area contributed by atoms with Crippen molar-refractivity contribution in [1.29, 1.82) is 0 Å². The van der Waals surface area contributed by atoms with Gasteiger partial charge in [0.15, 0.2) is 0 Å². The van der Waals surface area contributed by atoms with Crippen LogP contribution in [-0.4, -0.2) is 46.4 Å². The van der Waals surface area contributed by atoms with Gasteiger partial charge >= 0.3 is 0 Å². The first-order valence-corrected chi connectivity index (χ1v) is 10.1. The highest BCUT2D eigenvalue weighted by molar-refractivity contribution is 5.82. The van der Waals surface area contributed by atoms with E-state index >= 15 is 0 Å². The van der Waals surface area contributed by atoms with Crippen LogP contribution in [0.2, 0.25) is 0 Å². The SMILES string of the molecule is CC(C)C1CCC2C(CCN2C(=O)[C@@H]2C[C@H]2C2CC2)N1C(C)C. The molecule has 0 bridgehead atoms. The third-order valence-electron chi connectivity index (χ3n) is 7.07. The average molecular weight is 319 g/mol.